The lowest BCUT2D eigenvalue weighted by Gasteiger charge is -2.14. The largest absolute Gasteiger partial charge is 0.303 e. The van der Waals surface area contributed by atoms with Gasteiger partial charge < -0.3 is 4.79 Å². The second kappa shape index (κ2) is 3.21. The van der Waals surface area contributed by atoms with E-state index in [-0.39, 0.29) is 23.5 Å². The first kappa shape index (κ1) is 9.17. The van der Waals surface area contributed by atoms with Crippen LogP contribution in [0.2, 0.25) is 0 Å². The Morgan fingerprint density at radius 1 is 1.67 bits per heavy atom. The topological polar surface area (TPSA) is 34.1 Å². The molecule has 0 N–H and O–H groups in total. The van der Waals surface area contributed by atoms with E-state index >= 15 is 0 Å². The van der Waals surface area contributed by atoms with Crippen LogP contribution in [0, 0.1) is 17.8 Å². The molecule has 0 spiro atoms. The first-order valence-electron chi connectivity index (χ1n) is 4.21. The van der Waals surface area contributed by atoms with Crippen LogP contribution >= 0.6 is 0 Å². The molecule has 2 nitrogen and oxygen atoms in total. The lowest BCUT2D eigenvalue weighted by molar-refractivity contribution is -0.122. The van der Waals surface area contributed by atoms with Crippen molar-refractivity contribution >= 4 is 12.1 Å². The number of rotatable bonds is 2. The van der Waals surface area contributed by atoms with Crippen LogP contribution in [0.3, 0.4) is 0 Å². The molecular weight excluding hydrogens is 152 g/mol. The van der Waals surface area contributed by atoms with Gasteiger partial charge in [0.15, 0.2) is 0 Å². The number of aldehydes is 1. The van der Waals surface area contributed by atoms with Crippen LogP contribution in [-0.2, 0) is 9.59 Å². The highest BCUT2D eigenvalue weighted by Crippen LogP contribution is 2.36. The average molecular weight is 166 g/mol. The predicted octanol–water partition coefficient (Wildman–Crippen LogP) is 1.60. The lowest BCUT2D eigenvalue weighted by atomic mass is 9.88. The molecule has 0 heterocycles. The molecule has 1 aliphatic rings. The van der Waals surface area contributed by atoms with Crippen LogP contribution in [0.15, 0.2) is 12.2 Å². The number of hydrogen-bond donors (Lipinski definition) is 0. The molecule has 0 amide bonds. The summed E-state index contributed by atoms with van der Waals surface area (Å²) in [7, 11) is 0. The number of carbonyl (C=O) groups is 2. The van der Waals surface area contributed by atoms with Gasteiger partial charge in [-0.3, -0.25) is 4.79 Å². The number of ketones is 1. The average Bonchev–Trinajstić information content (AvgIpc) is 2.29. The summed E-state index contributed by atoms with van der Waals surface area (Å²) in [6, 6.07) is 0. The quantitative estimate of drug-likeness (QED) is 0.461. The Labute approximate surface area is 72.7 Å². The molecule has 0 aromatic heterocycles. The molecule has 1 aliphatic carbocycles. The molecule has 12 heavy (non-hydrogen) atoms. The van der Waals surface area contributed by atoms with Crippen LogP contribution in [0.5, 0.6) is 0 Å². The maximum atomic E-state index is 11.3. The Morgan fingerprint density at radius 3 is 2.58 bits per heavy atom. The Morgan fingerprint density at radius 2 is 2.25 bits per heavy atom. The van der Waals surface area contributed by atoms with E-state index in [1.165, 1.54) is 0 Å². The fourth-order valence-electron chi connectivity index (χ4n) is 1.82. The van der Waals surface area contributed by atoms with Gasteiger partial charge in [0.2, 0.25) is 0 Å². The second-order valence-electron chi connectivity index (χ2n) is 3.63. The fraction of sp³-hybridized carbons (Fsp3) is 0.600. The van der Waals surface area contributed by atoms with Crippen molar-refractivity contribution < 1.29 is 9.59 Å². The second-order valence-corrected chi connectivity index (χ2v) is 3.63. The number of carbonyl (C=O) groups excluding carboxylic acids is 2. The molecule has 3 atom stereocenters. The van der Waals surface area contributed by atoms with Crippen molar-refractivity contribution in [2.75, 3.05) is 0 Å². The van der Waals surface area contributed by atoms with Crippen molar-refractivity contribution in [3.05, 3.63) is 12.2 Å². The number of Topliss-reactive ketones (excluding diaryl/α,β-unsaturated/α-hetero) is 1. The molecule has 0 aromatic rings. The predicted molar refractivity (Wildman–Crippen MR) is 46.6 cm³/mol. The van der Waals surface area contributed by atoms with Gasteiger partial charge in [-0.1, -0.05) is 19.1 Å². The molecule has 0 aromatic carbocycles. The Hall–Kier alpha value is -0.920. The van der Waals surface area contributed by atoms with Crippen LogP contribution in [-0.4, -0.2) is 12.1 Å². The van der Waals surface area contributed by atoms with Crippen LogP contribution in [0.4, 0.5) is 0 Å². The van der Waals surface area contributed by atoms with E-state index < -0.39 is 0 Å². The zero-order chi connectivity index (χ0) is 9.30. The Kier molecular flexibility index (Phi) is 2.46. The highest BCUT2D eigenvalue weighted by atomic mass is 16.1. The lowest BCUT2D eigenvalue weighted by Crippen LogP contribution is -2.16. The maximum Gasteiger partial charge on any atom is 0.137 e. The summed E-state index contributed by atoms with van der Waals surface area (Å²) in [4.78, 5) is 21.9. The van der Waals surface area contributed by atoms with E-state index in [9.17, 15) is 9.59 Å². The number of hydrogen-bond acceptors (Lipinski definition) is 2. The van der Waals surface area contributed by atoms with Crippen LogP contribution in [0.25, 0.3) is 0 Å². The molecule has 0 bridgehead atoms. The van der Waals surface area contributed by atoms with Gasteiger partial charge in [0.25, 0.3) is 0 Å². The van der Waals surface area contributed by atoms with E-state index in [2.05, 4.69) is 6.58 Å². The van der Waals surface area contributed by atoms with Crippen LogP contribution < -0.4 is 0 Å². The summed E-state index contributed by atoms with van der Waals surface area (Å²) in [5.74, 6) is 0.0456. The summed E-state index contributed by atoms with van der Waals surface area (Å²) in [6.45, 7) is 7.50. The molecule has 1 saturated carbocycles. The highest BCUT2D eigenvalue weighted by molar-refractivity contribution is 5.87. The van der Waals surface area contributed by atoms with E-state index in [4.69, 9.17) is 0 Å². The molecule has 1 rings (SSSR count). The minimum Gasteiger partial charge on any atom is -0.303 e. The van der Waals surface area contributed by atoms with Crippen molar-refractivity contribution in [1.82, 2.24) is 0 Å². The Balaban J connectivity index is 2.85. The Bertz CT molecular complexity index is 230. The first-order valence-corrected chi connectivity index (χ1v) is 4.21. The molecular formula is C10H14O2. The van der Waals surface area contributed by atoms with Crippen molar-refractivity contribution in [2.45, 2.75) is 20.3 Å². The molecule has 1 fully saturated rings. The van der Waals surface area contributed by atoms with Gasteiger partial charge in [0.1, 0.15) is 12.1 Å². The molecule has 3 unspecified atom stereocenters. The van der Waals surface area contributed by atoms with Gasteiger partial charge in [-0.05, 0) is 12.8 Å². The highest BCUT2D eigenvalue weighted by Gasteiger charge is 2.39. The van der Waals surface area contributed by atoms with Gasteiger partial charge in [-0.2, -0.15) is 0 Å². The van der Waals surface area contributed by atoms with Crippen molar-refractivity contribution in [2.24, 2.45) is 17.8 Å². The van der Waals surface area contributed by atoms with Crippen molar-refractivity contribution in [3.8, 4) is 0 Å². The normalized spacial score (nSPS) is 35.2. The standard InChI is InChI=1S/C10H14O2/c1-6(2)8-4-10(12)7(3)9(8)5-11/h5,7-9H,1,4H2,2-3H3. The van der Waals surface area contributed by atoms with E-state index in [0.717, 1.165) is 11.9 Å². The first-order chi connectivity index (χ1) is 5.57. The summed E-state index contributed by atoms with van der Waals surface area (Å²) in [5.41, 5.74) is 0.949. The summed E-state index contributed by atoms with van der Waals surface area (Å²) in [6.07, 6.45) is 1.40. The van der Waals surface area contributed by atoms with Gasteiger partial charge in [-0.25, -0.2) is 0 Å². The molecule has 0 aliphatic heterocycles. The molecule has 66 valence electrons. The third-order valence-corrected chi connectivity index (χ3v) is 2.76. The zero-order valence-electron chi connectivity index (χ0n) is 7.54. The summed E-state index contributed by atoms with van der Waals surface area (Å²) >= 11 is 0. The van der Waals surface area contributed by atoms with Crippen molar-refractivity contribution in [3.63, 3.8) is 0 Å². The molecule has 0 saturated heterocycles. The minimum absolute atomic E-state index is 0.0880. The van der Waals surface area contributed by atoms with Gasteiger partial charge >= 0.3 is 0 Å². The maximum absolute atomic E-state index is 11.3. The van der Waals surface area contributed by atoms with Gasteiger partial charge in [0.05, 0.1) is 0 Å². The third kappa shape index (κ3) is 1.33. The van der Waals surface area contributed by atoms with Gasteiger partial charge in [0, 0.05) is 18.3 Å². The van der Waals surface area contributed by atoms with E-state index in [1.54, 1.807) is 0 Å². The summed E-state index contributed by atoms with van der Waals surface area (Å²) < 4.78 is 0. The van der Waals surface area contributed by atoms with Gasteiger partial charge in [-0.15, -0.1) is 0 Å². The summed E-state index contributed by atoms with van der Waals surface area (Å²) in [5, 5.41) is 0. The SMILES string of the molecule is C=C(C)C1CC(=O)C(C)C1C=O. The molecule has 0 radical (unpaired) electrons. The fourth-order valence-corrected chi connectivity index (χ4v) is 1.82. The van der Waals surface area contributed by atoms with Crippen molar-refractivity contribution in [1.29, 1.82) is 0 Å². The van der Waals surface area contributed by atoms with Crippen LogP contribution in [0.1, 0.15) is 20.3 Å². The monoisotopic (exact) mass is 166 g/mol. The number of allylic oxidation sites excluding steroid dienone is 1. The zero-order valence-corrected chi connectivity index (χ0v) is 7.54. The third-order valence-electron chi connectivity index (χ3n) is 2.76. The minimum atomic E-state index is -0.130. The van der Waals surface area contributed by atoms with E-state index in [0.29, 0.717) is 6.42 Å². The molecule has 2 heteroatoms. The smallest absolute Gasteiger partial charge is 0.137 e. The van der Waals surface area contributed by atoms with E-state index in [1.807, 2.05) is 13.8 Å².